The van der Waals surface area contributed by atoms with E-state index in [0.717, 1.165) is 6.54 Å². The molecule has 18 heavy (non-hydrogen) atoms. The lowest BCUT2D eigenvalue weighted by molar-refractivity contribution is 0.209. The van der Waals surface area contributed by atoms with Crippen LogP contribution in [0.15, 0.2) is 6.07 Å². The summed E-state index contributed by atoms with van der Waals surface area (Å²) in [7, 11) is 7.20. The second kappa shape index (κ2) is 5.86. The summed E-state index contributed by atoms with van der Waals surface area (Å²) >= 11 is 0. The first-order valence-corrected chi connectivity index (χ1v) is 5.77. The molecule has 0 saturated heterocycles. The summed E-state index contributed by atoms with van der Waals surface area (Å²) in [6.45, 7) is 4.99. The van der Waals surface area contributed by atoms with Gasteiger partial charge in [-0.15, -0.1) is 0 Å². The molecule has 1 heterocycles. The van der Waals surface area contributed by atoms with Crippen LogP contribution in [0.25, 0.3) is 0 Å². The molecule has 1 aromatic heterocycles. The first kappa shape index (κ1) is 14.5. The molecule has 1 N–H and O–H groups in total. The summed E-state index contributed by atoms with van der Waals surface area (Å²) in [6, 6.07) is 1.64. The van der Waals surface area contributed by atoms with Gasteiger partial charge in [0.1, 0.15) is 0 Å². The number of nitrogens with zero attached hydrogens (tertiary/aromatic N) is 3. The van der Waals surface area contributed by atoms with Crippen molar-refractivity contribution in [3.8, 4) is 11.8 Å². The second-order valence-electron chi connectivity index (χ2n) is 4.84. The minimum absolute atomic E-state index is 0.000326. The van der Waals surface area contributed by atoms with E-state index >= 15 is 0 Å². The maximum Gasteiger partial charge on any atom is 0.229 e. The summed E-state index contributed by atoms with van der Waals surface area (Å²) in [5.41, 5.74) is -0.000326. The van der Waals surface area contributed by atoms with Gasteiger partial charge in [-0.25, -0.2) is 0 Å². The zero-order valence-corrected chi connectivity index (χ0v) is 11.9. The van der Waals surface area contributed by atoms with Crippen LogP contribution in [-0.4, -0.2) is 55.3 Å². The molecule has 0 aliphatic carbocycles. The zero-order valence-electron chi connectivity index (χ0n) is 11.9. The average Bonchev–Trinajstić information content (AvgIpc) is 2.35. The predicted molar refractivity (Wildman–Crippen MR) is 71.4 cm³/mol. The fourth-order valence-electron chi connectivity index (χ4n) is 1.15. The van der Waals surface area contributed by atoms with Crippen molar-refractivity contribution in [1.29, 1.82) is 0 Å². The summed E-state index contributed by atoms with van der Waals surface area (Å²) < 4.78 is 10.2. The van der Waals surface area contributed by atoms with Gasteiger partial charge in [0, 0.05) is 12.1 Å². The summed E-state index contributed by atoms with van der Waals surface area (Å²) in [4.78, 5) is 10.6. The van der Waals surface area contributed by atoms with E-state index in [1.807, 2.05) is 14.1 Å². The van der Waals surface area contributed by atoms with E-state index in [1.54, 1.807) is 20.3 Å². The smallest absolute Gasteiger partial charge is 0.229 e. The third kappa shape index (κ3) is 3.73. The fraction of sp³-hybridized carbons (Fsp3) is 0.667. The number of likely N-dealkylation sites (N-methyl/N-ethyl adjacent to an activating group) is 1. The quantitative estimate of drug-likeness (QED) is 0.824. The SMILES string of the molecule is COc1cc(OC)nc(NCC(C)(C)N(C)C)n1. The lowest BCUT2D eigenvalue weighted by atomic mass is 10.1. The molecule has 6 nitrogen and oxygen atoms in total. The van der Waals surface area contributed by atoms with E-state index in [4.69, 9.17) is 9.47 Å². The molecule has 0 bridgehead atoms. The molecule has 0 aliphatic rings. The molecule has 0 saturated carbocycles. The van der Waals surface area contributed by atoms with Crippen molar-refractivity contribution in [2.24, 2.45) is 0 Å². The van der Waals surface area contributed by atoms with Crippen molar-refractivity contribution in [3.63, 3.8) is 0 Å². The number of hydrogen-bond donors (Lipinski definition) is 1. The number of aromatic nitrogens is 2. The van der Waals surface area contributed by atoms with E-state index in [9.17, 15) is 0 Å². The van der Waals surface area contributed by atoms with Crippen molar-refractivity contribution in [2.45, 2.75) is 19.4 Å². The predicted octanol–water partition coefficient (Wildman–Crippen LogP) is 1.25. The second-order valence-corrected chi connectivity index (χ2v) is 4.84. The Balaban J connectivity index is 2.78. The maximum absolute atomic E-state index is 5.10. The van der Waals surface area contributed by atoms with Crippen molar-refractivity contribution in [2.75, 3.05) is 40.2 Å². The Labute approximate surface area is 108 Å². The zero-order chi connectivity index (χ0) is 13.8. The standard InChI is InChI=1S/C12H22N4O2/c1-12(2,16(3)4)8-13-11-14-9(17-5)7-10(15-11)18-6/h7H,8H2,1-6H3,(H,13,14,15). The molecule has 0 fully saturated rings. The molecule has 0 unspecified atom stereocenters. The average molecular weight is 254 g/mol. The number of rotatable bonds is 6. The minimum Gasteiger partial charge on any atom is -0.481 e. The van der Waals surface area contributed by atoms with Crippen LogP contribution in [0, 0.1) is 0 Å². The molecule has 0 spiro atoms. The molecular weight excluding hydrogens is 232 g/mol. The Morgan fingerprint density at radius 3 is 2.06 bits per heavy atom. The monoisotopic (exact) mass is 254 g/mol. The highest BCUT2D eigenvalue weighted by molar-refractivity contribution is 5.34. The van der Waals surface area contributed by atoms with Gasteiger partial charge in [-0.2, -0.15) is 9.97 Å². The third-order valence-corrected chi connectivity index (χ3v) is 2.99. The molecule has 0 radical (unpaired) electrons. The number of ether oxygens (including phenoxy) is 2. The Bertz CT molecular complexity index is 371. The largest absolute Gasteiger partial charge is 0.481 e. The van der Waals surface area contributed by atoms with Gasteiger partial charge in [-0.1, -0.05) is 0 Å². The van der Waals surface area contributed by atoms with E-state index in [1.165, 1.54) is 0 Å². The summed E-state index contributed by atoms with van der Waals surface area (Å²) in [5.74, 6) is 1.46. The van der Waals surface area contributed by atoms with Crippen molar-refractivity contribution >= 4 is 5.95 Å². The molecule has 0 amide bonds. The van der Waals surface area contributed by atoms with Crippen molar-refractivity contribution in [3.05, 3.63) is 6.07 Å². The van der Waals surface area contributed by atoms with Crippen LogP contribution >= 0.6 is 0 Å². The lowest BCUT2D eigenvalue weighted by Crippen LogP contribution is -2.44. The maximum atomic E-state index is 5.10. The number of hydrogen-bond acceptors (Lipinski definition) is 6. The Hall–Kier alpha value is -1.56. The normalized spacial score (nSPS) is 11.5. The van der Waals surface area contributed by atoms with Crippen LogP contribution < -0.4 is 14.8 Å². The van der Waals surface area contributed by atoms with Crippen LogP contribution in [-0.2, 0) is 0 Å². The van der Waals surface area contributed by atoms with E-state index in [-0.39, 0.29) is 5.54 Å². The minimum atomic E-state index is -0.000326. The molecular formula is C12H22N4O2. The Morgan fingerprint density at radius 1 is 1.17 bits per heavy atom. The highest BCUT2D eigenvalue weighted by Crippen LogP contribution is 2.18. The van der Waals surface area contributed by atoms with E-state index in [2.05, 4.69) is 34.0 Å². The van der Waals surface area contributed by atoms with Crippen LogP contribution in [0.2, 0.25) is 0 Å². The highest BCUT2D eigenvalue weighted by atomic mass is 16.5. The number of anilines is 1. The molecule has 6 heteroatoms. The molecule has 0 aliphatic heterocycles. The van der Waals surface area contributed by atoms with E-state index < -0.39 is 0 Å². The van der Waals surface area contributed by atoms with E-state index in [0.29, 0.717) is 17.7 Å². The molecule has 1 rings (SSSR count). The van der Waals surface area contributed by atoms with Crippen molar-refractivity contribution < 1.29 is 9.47 Å². The third-order valence-electron chi connectivity index (χ3n) is 2.99. The van der Waals surface area contributed by atoms with Gasteiger partial charge in [-0.3, -0.25) is 0 Å². The first-order valence-electron chi connectivity index (χ1n) is 5.77. The first-order chi connectivity index (χ1) is 8.39. The Kier molecular flexibility index (Phi) is 4.72. The van der Waals surface area contributed by atoms with Crippen molar-refractivity contribution in [1.82, 2.24) is 14.9 Å². The van der Waals surface area contributed by atoms with Crippen LogP contribution in [0.3, 0.4) is 0 Å². The van der Waals surface area contributed by atoms with Crippen LogP contribution in [0.4, 0.5) is 5.95 Å². The van der Waals surface area contributed by atoms with Gasteiger partial charge in [0.15, 0.2) is 0 Å². The number of nitrogens with one attached hydrogen (secondary N) is 1. The molecule has 1 aromatic rings. The summed E-state index contributed by atoms with van der Waals surface area (Å²) in [5, 5.41) is 3.19. The van der Waals surface area contributed by atoms with Crippen LogP contribution in [0.1, 0.15) is 13.8 Å². The molecule has 0 aromatic carbocycles. The topological polar surface area (TPSA) is 59.5 Å². The highest BCUT2D eigenvalue weighted by Gasteiger charge is 2.20. The number of methoxy groups -OCH3 is 2. The van der Waals surface area contributed by atoms with Crippen LogP contribution in [0.5, 0.6) is 11.8 Å². The molecule has 0 atom stereocenters. The van der Waals surface area contributed by atoms with Gasteiger partial charge in [-0.05, 0) is 27.9 Å². The van der Waals surface area contributed by atoms with Gasteiger partial charge < -0.3 is 19.7 Å². The van der Waals surface area contributed by atoms with Gasteiger partial charge in [0.25, 0.3) is 0 Å². The Morgan fingerprint density at radius 2 is 1.67 bits per heavy atom. The van der Waals surface area contributed by atoms with Gasteiger partial charge >= 0.3 is 0 Å². The summed E-state index contributed by atoms with van der Waals surface area (Å²) in [6.07, 6.45) is 0. The van der Waals surface area contributed by atoms with Gasteiger partial charge in [0.2, 0.25) is 17.7 Å². The lowest BCUT2D eigenvalue weighted by Gasteiger charge is -2.32. The fourth-order valence-corrected chi connectivity index (χ4v) is 1.15. The molecule has 102 valence electrons. The van der Waals surface area contributed by atoms with Gasteiger partial charge in [0.05, 0.1) is 20.3 Å².